The zero-order chi connectivity index (χ0) is 11.0. The molecule has 14 heavy (non-hydrogen) atoms. The van der Waals surface area contributed by atoms with Crippen molar-refractivity contribution in [2.24, 2.45) is 5.41 Å². The summed E-state index contributed by atoms with van der Waals surface area (Å²) >= 11 is 0. The Morgan fingerprint density at radius 2 is 2.07 bits per heavy atom. The molecule has 0 fully saturated rings. The van der Waals surface area contributed by atoms with E-state index in [4.69, 9.17) is 9.47 Å². The minimum absolute atomic E-state index is 0.206. The Morgan fingerprint density at radius 3 is 2.57 bits per heavy atom. The topological polar surface area (TPSA) is 35.5 Å². The molecule has 0 spiro atoms. The van der Waals surface area contributed by atoms with Gasteiger partial charge < -0.3 is 9.47 Å². The maximum Gasteiger partial charge on any atom is 0.384 e. The van der Waals surface area contributed by atoms with Gasteiger partial charge in [0.15, 0.2) is 0 Å². The van der Waals surface area contributed by atoms with E-state index in [2.05, 4.69) is 11.8 Å². The van der Waals surface area contributed by atoms with E-state index in [0.29, 0.717) is 13.2 Å². The first kappa shape index (κ1) is 13.0. The highest BCUT2D eigenvalue weighted by molar-refractivity contribution is 5.88. The Balaban J connectivity index is 4.10. The second kappa shape index (κ2) is 6.44. The van der Waals surface area contributed by atoms with Crippen LogP contribution < -0.4 is 0 Å². The molecular formula is C11H18O3. The normalized spacial score (nSPS) is 10.3. The van der Waals surface area contributed by atoms with Crippen LogP contribution in [0.1, 0.15) is 27.2 Å². The molecule has 0 aliphatic heterocycles. The molecule has 0 bridgehead atoms. The van der Waals surface area contributed by atoms with Gasteiger partial charge in [-0.1, -0.05) is 5.92 Å². The Hall–Kier alpha value is -1.01. The van der Waals surface area contributed by atoms with Gasteiger partial charge in [-0.2, -0.15) is 0 Å². The minimum atomic E-state index is -0.460. The molecule has 0 saturated heterocycles. The smallest absolute Gasteiger partial charge is 0.384 e. The van der Waals surface area contributed by atoms with Gasteiger partial charge in [0.2, 0.25) is 0 Å². The van der Waals surface area contributed by atoms with E-state index >= 15 is 0 Å². The van der Waals surface area contributed by atoms with Gasteiger partial charge in [0.1, 0.15) is 0 Å². The van der Waals surface area contributed by atoms with Gasteiger partial charge in [-0.25, -0.2) is 4.79 Å². The summed E-state index contributed by atoms with van der Waals surface area (Å²) in [6.07, 6.45) is 0.801. The molecule has 3 nitrogen and oxygen atoms in total. The number of rotatable bonds is 4. The van der Waals surface area contributed by atoms with Crippen molar-refractivity contribution in [3.05, 3.63) is 0 Å². The SMILES string of the molecule is CCOC(=O)C#CC(C)(C)CCOC. The van der Waals surface area contributed by atoms with E-state index in [-0.39, 0.29) is 5.41 Å². The van der Waals surface area contributed by atoms with Crippen LogP contribution in [0.15, 0.2) is 0 Å². The molecule has 0 heterocycles. The Labute approximate surface area is 85.8 Å². The second-order valence-corrected chi connectivity index (χ2v) is 3.60. The third-order valence-corrected chi connectivity index (χ3v) is 1.71. The van der Waals surface area contributed by atoms with Gasteiger partial charge in [0.25, 0.3) is 0 Å². The third-order valence-electron chi connectivity index (χ3n) is 1.71. The lowest BCUT2D eigenvalue weighted by atomic mass is 9.91. The van der Waals surface area contributed by atoms with Crippen LogP contribution in [0.2, 0.25) is 0 Å². The molecule has 0 saturated carbocycles. The molecule has 0 atom stereocenters. The molecule has 0 rings (SSSR count). The molecule has 0 aromatic heterocycles. The van der Waals surface area contributed by atoms with Crippen LogP contribution in [0.4, 0.5) is 0 Å². The highest BCUT2D eigenvalue weighted by atomic mass is 16.5. The lowest BCUT2D eigenvalue weighted by Gasteiger charge is -2.15. The van der Waals surface area contributed by atoms with Crippen LogP contribution >= 0.6 is 0 Å². The van der Waals surface area contributed by atoms with Crippen LogP contribution in [-0.4, -0.2) is 26.3 Å². The monoisotopic (exact) mass is 198 g/mol. The van der Waals surface area contributed by atoms with Crippen molar-refractivity contribution in [2.45, 2.75) is 27.2 Å². The predicted octanol–water partition coefficient (Wildman–Crippen LogP) is 1.62. The van der Waals surface area contributed by atoms with Crippen LogP contribution in [0.5, 0.6) is 0 Å². The predicted molar refractivity (Wildman–Crippen MR) is 54.7 cm³/mol. The van der Waals surface area contributed by atoms with Crippen molar-refractivity contribution in [1.29, 1.82) is 0 Å². The number of carbonyl (C=O) groups excluding carboxylic acids is 1. The van der Waals surface area contributed by atoms with Crippen LogP contribution in [0, 0.1) is 17.3 Å². The van der Waals surface area contributed by atoms with Crippen LogP contribution in [0.3, 0.4) is 0 Å². The largest absolute Gasteiger partial charge is 0.456 e. The second-order valence-electron chi connectivity index (χ2n) is 3.60. The Bertz CT molecular complexity index is 233. The summed E-state index contributed by atoms with van der Waals surface area (Å²) in [4.78, 5) is 10.9. The summed E-state index contributed by atoms with van der Waals surface area (Å²) in [5.74, 6) is 4.88. The quantitative estimate of drug-likeness (QED) is 0.391. The zero-order valence-electron chi connectivity index (χ0n) is 9.35. The van der Waals surface area contributed by atoms with E-state index in [1.54, 1.807) is 14.0 Å². The van der Waals surface area contributed by atoms with E-state index < -0.39 is 5.97 Å². The number of ether oxygens (including phenoxy) is 2. The molecule has 3 heteroatoms. The van der Waals surface area contributed by atoms with Crippen molar-refractivity contribution in [3.63, 3.8) is 0 Å². The van der Waals surface area contributed by atoms with Crippen LogP contribution in [0.25, 0.3) is 0 Å². The molecule has 0 amide bonds. The van der Waals surface area contributed by atoms with Crippen molar-refractivity contribution in [3.8, 4) is 11.8 Å². The van der Waals surface area contributed by atoms with Crippen LogP contribution in [-0.2, 0) is 14.3 Å². The number of hydrogen-bond donors (Lipinski definition) is 0. The fraction of sp³-hybridized carbons (Fsp3) is 0.727. The summed E-state index contributed by atoms with van der Waals surface area (Å²) in [7, 11) is 1.65. The average molecular weight is 198 g/mol. The van der Waals surface area contributed by atoms with Crippen molar-refractivity contribution >= 4 is 5.97 Å². The highest BCUT2D eigenvalue weighted by Crippen LogP contribution is 2.18. The Morgan fingerprint density at radius 1 is 1.43 bits per heavy atom. The molecule has 0 aromatic carbocycles. The molecule has 0 aliphatic carbocycles. The Kier molecular flexibility index (Phi) is 5.98. The molecule has 80 valence electrons. The summed E-state index contributed by atoms with van der Waals surface area (Å²) in [6, 6.07) is 0. The van der Waals surface area contributed by atoms with Gasteiger partial charge in [0.05, 0.1) is 6.61 Å². The molecule has 0 N–H and O–H groups in total. The third kappa shape index (κ3) is 6.50. The van der Waals surface area contributed by atoms with E-state index in [1.165, 1.54) is 0 Å². The van der Waals surface area contributed by atoms with Gasteiger partial charge >= 0.3 is 5.97 Å². The minimum Gasteiger partial charge on any atom is -0.456 e. The van der Waals surface area contributed by atoms with Gasteiger partial charge in [-0.05, 0) is 27.2 Å². The molecule has 0 unspecified atom stereocenters. The molecule has 0 aliphatic rings. The zero-order valence-corrected chi connectivity index (χ0v) is 9.35. The summed E-state index contributed by atoms with van der Waals surface area (Å²) in [5, 5.41) is 0. The van der Waals surface area contributed by atoms with Gasteiger partial charge in [0, 0.05) is 25.1 Å². The fourth-order valence-electron chi connectivity index (χ4n) is 0.807. The molecule has 0 radical (unpaired) electrons. The maximum atomic E-state index is 10.9. The summed E-state index contributed by atoms with van der Waals surface area (Å²) in [5.41, 5.74) is -0.206. The first-order valence-corrected chi connectivity index (χ1v) is 4.70. The van der Waals surface area contributed by atoms with Gasteiger partial charge in [-0.3, -0.25) is 0 Å². The number of esters is 1. The van der Waals surface area contributed by atoms with Crippen molar-refractivity contribution in [2.75, 3.05) is 20.3 Å². The van der Waals surface area contributed by atoms with Crippen molar-refractivity contribution in [1.82, 2.24) is 0 Å². The van der Waals surface area contributed by atoms with E-state index in [0.717, 1.165) is 6.42 Å². The van der Waals surface area contributed by atoms with Crippen molar-refractivity contribution < 1.29 is 14.3 Å². The molecule has 0 aromatic rings. The summed E-state index contributed by atoms with van der Waals surface area (Å²) in [6.45, 7) is 6.71. The first-order chi connectivity index (χ1) is 6.52. The standard InChI is InChI=1S/C11H18O3/c1-5-14-10(12)6-7-11(2,3)8-9-13-4/h5,8-9H2,1-4H3. The first-order valence-electron chi connectivity index (χ1n) is 4.70. The molecular weight excluding hydrogens is 180 g/mol. The maximum absolute atomic E-state index is 10.9. The number of carbonyl (C=O) groups is 1. The summed E-state index contributed by atoms with van der Waals surface area (Å²) < 4.78 is 9.65. The van der Waals surface area contributed by atoms with E-state index in [1.807, 2.05) is 13.8 Å². The highest BCUT2D eigenvalue weighted by Gasteiger charge is 2.13. The number of hydrogen-bond acceptors (Lipinski definition) is 3. The van der Waals surface area contributed by atoms with Gasteiger partial charge in [-0.15, -0.1) is 0 Å². The van der Waals surface area contributed by atoms with E-state index in [9.17, 15) is 4.79 Å². The number of methoxy groups -OCH3 is 1. The lowest BCUT2D eigenvalue weighted by molar-refractivity contribution is -0.136. The lowest BCUT2D eigenvalue weighted by Crippen LogP contribution is -2.12. The average Bonchev–Trinajstić information content (AvgIpc) is 2.13. The fourth-order valence-corrected chi connectivity index (χ4v) is 0.807.